The molecule has 36 heavy (non-hydrogen) atoms. The predicted octanol–water partition coefficient (Wildman–Crippen LogP) is 3.35. The molecule has 198 valence electrons. The topological polar surface area (TPSA) is 133 Å². The van der Waals surface area contributed by atoms with Crippen LogP contribution in [-0.2, 0) is 31.1 Å². The summed E-state index contributed by atoms with van der Waals surface area (Å²) in [6, 6.07) is -0.0666. The van der Waals surface area contributed by atoms with Crippen molar-refractivity contribution in [3.8, 4) is 0 Å². The van der Waals surface area contributed by atoms with Crippen LogP contribution in [0.3, 0.4) is 0 Å². The number of anilines is 1. The average molecular weight is 556 g/mol. The van der Waals surface area contributed by atoms with Crippen LogP contribution in [0.15, 0.2) is 26.0 Å². The van der Waals surface area contributed by atoms with E-state index in [-0.39, 0.29) is 68.4 Å². The highest BCUT2D eigenvalue weighted by Crippen LogP contribution is 2.55. The highest BCUT2D eigenvalue weighted by molar-refractivity contribution is 7.91. The second kappa shape index (κ2) is 8.56. The molecule has 2 fully saturated rings. The minimum Gasteiger partial charge on any atom is -0.511 e. The molecule has 3 heterocycles. The zero-order chi connectivity index (χ0) is 26.2. The molecule has 2 unspecified atom stereocenters. The van der Waals surface area contributed by atoms with Crippen LogP contribution in [0.2, 0.25) is 0 Å². The van der Waals surface area contributed by atoms with Crippen LogP contribution in [-0.4, -0.2) is 63.2 Å². The van der Waals surface area contributed by atoms with Gasteiger partial charge in [0.2, 0.25) is 0 Å². The summed E-state index contributed by atoms with van der Waals surface area (Å²) in [5.41, 5.74) is 0.330. The lowest BCUT2D eigenvalue weighted by atomic mass is 9.77. The highest BCUT2D eigenvalue weighted by Gasteiger charge is 2.57. The summed E-state index contributed by atoms with van der Waals surface area (Å²) in [5, 5.41) is 16.3. The molecule has 2 aliphatic heterocycles. The number of sulfonamides is 1. The van der Waals surface area contributed by atoms with Crippen molar-refractivity contribution >= 4 is 47.9 Å². The Kier molecular flexibility index (Phi) is 6.11. The molecule has 2 saturated carbocycles. The Morgan fingerprint density at radius 2 is 1.94 bits per heavy atom. The summed E-state index contributed by atoms with van der Waals surface area (Å²) in [6.07, 6.45) is 4.93. The van der Waals surface area contributed by atoms with Gasteiger partial charge in [0.25, 0.3) is 15.9 Å². The van der Waals surface area contributed by atoms with Crippen LogP contribution in [0.1, 0.15) is 52.0 Å². The van der Waals surface area contributed by atoms with Crippen molar-refractivity contribution in [2.45, 2.75) is 63.8 Å². The molecule has 12 heteroatoms. The average Bonchev–Trinajstić information content (AvgIpc) is 3.45. The van der Waals surface area contributed by atoms with Gasteiger partial charge in [-0.25, -0.2) is 8.42 Å². The quantitative estimate of drug-likeness (QED) is 0.550. The number of hydrogen-bond acceptors (Lipinski definition) is 8. The van der Waals surface area contributed by atoms with Gasteiger partial charge in [-0.15, -0.1) is 15.7 Å². The molecule has 2 N–H and O–H groups in total. The number of thiophene rings is 1. The van der Waals surface area contributed by atoms with Gasteiger partial charge in [-0.3, -0.25) is 4.79 Å². The molecular formula is C24H33N3O6S3. The minimum atomic E-state index is -4.20. The van der Waals surface area contributed by atoms with Gasteiger partial charge in [0.05, 0.1) is 5.75 Å². The summed E-state index contributed by atoms with van der Waals surface area (Å²) in [5.74, 6) is -0.365. The van der Waals surface area contributed by atoms with Crippen LogP contribution < -0.4 is 5.32 Å². The van der Waals surface area contributed by atoms with Gasteiger partial charge in [-0.1, -0.05) is 20.8 Å². The van der Waals surface area contributed by atoms with Crippen molar-refractivity contribution in [2.75, 3.05) is 23.9 Å². The molecule has 0 radical (unpaired) electrons. The standard InChI is InChI=1S/C24H33N3O6S3/c1-24(2,3)8-9-27-18-14-6-5-13(11-14)16(18)19(28)17(23(27)29)21-25-22-20(36(32,33)26-21)15(12-34-22)7-10-35(4,30)31/h12-14,16,18,28H,5-11H2,1-4H3,(H,25,26)/t13-,14+,16?,18?/m0/s1. The first kappa shape index (κ1) is 25.7. The lowest BCUT2D eigenvalue weighted by Crippen LogP contribution is -2.54. The number of fused-ring (bicyclic) bond motifs is 6. The third kappa shape index (κ3) is 4.49. The maximum absolute atomic E-state index is 13.8. The summed E-state index contributed by atoms with van der Waals surface area (Å²) in [4.78, 5) is 15.6. The number of amides is 1. The van der Waals surface area contributed by atoms with Gasteiger partial charge in [-0.05, 0) is 60.3 Å². The first-order valence-corrected chi connectivity index (χ1v) is 16.7. The number of rotatable bonds is 6. The molecule has 1 amide bonds. The van der Waals surface area contributed by atoms with E-state index in [1.54, 1.807) is 5.38 Å². The molecule has 1 aromatic heterocycles. The van der Waals surface area contributed by atoms with Crippen LogP contribution >= 0.6 is 11.3 Å². The number of carbonyl (C=O) groups is 1. The van der Waals surface area contributed by atoms with Gasteiger partial charge in [0.15, 0.2) is 5.84 Å². The first-order chi connectivity index (χ1) is 16.7. The van der Waals surface area contributed by atoms with Crippen LogP contribution in [0.4, 0.5) is 5.00 Å². The van der Waals surface area contributed by atoms with E-state index in [4.69, 9.17) is 0 Å². The number of carbonyl (C=O) groups excluding carboxylic acids is 1. The maximum Gasteiger partial charge on any atom is 0.287 e. The van der Waals surface area contributed by atoms with Gasteiger partial charge in [0, 0.05) is 24.8 Å². The fraction of sp³-hybridized carbons (Fsp3) is 0.667. The van der Waals surface area contributed by atoms with Crippen molar-refractivity contribution in [3.05, 3.63) is 22.3 Å². The largest absolute Gasteiger partial charge is 0.511 e. The highest BCUT2D eigenvalue weighted by atomic mass is 32.2. The normalized spacial score (nSPS) is 29.2. The Morgan fingerprint density at radius 1 is 1.25 bits per heavy atom. The fourth-order valence-corrected chi connectivity index (χ4v) is 9.46. The summed E-state index contributed by atoms with van der Waals surface area (Å²) in [7, 11) is -7.48. The zero-order valence-corrected chi connectivity index (χ0v) is 23.4. The van der Waals surface area contributed by atoms with Gasteiger partial charge in [0.1, 0.15) is 31.1 Å². The van der Waals surface area contributed by atoms with E-state index in [9.17, 15) is 26.7 Å². The van der Waals surface area contributed by atoms with E-state index >= 15 is 0 Å². The number of aliphatic hydroxyl groups excluding tert-OH is 1. The summed E-state index contributed by atoms with van der Waals surface area (Å²) < 4.78 is 53.7. The van der Waals surface area contributed by atoms with E-state index in [1.165, 1.54) is 0 Å². The molecule has 1 aromatic rings. The molecule has 9 nitrogen and oxygen atoms in total. The number of aliphatic hydroxyl groups is 1. The van der Waals surface area contributed by atoms with Crippen molar-refractivity contribution in [2.24, 2.45) is 27.6 Å². The Bertz CT molecular complexity index is 1380. The van der Waals surface area contributed by atoms with Crippen molar-refractivity contribution in [1.82, 2.24) is 4.90 Å². The second-order valence-corrected chi connectivity index (χ2v) is 16.4. The molecule has 4 atom stereocenters. The molecule has 0 aromatic carbocycles. The SMILES string of the molecule is CC(C)(C)CCN1C(=O)C(C2=NS(=O)(=O)c3c(CCS(C)(=O)=O)csc3N2)=C(O)C2C1[C@@H]1CC[C@H]2C1. The number of nitrogens with zero attached hydrogens (tertiary/aromatic N) is 2. The Labute approximate surface area is 216 Å². The number of amidine groups is 1. The maximum atomic E-state index is 13.8. The third-order valence-corrected chi connectivity index (χ3v) is 11.3. The Morgan fingerprint density at radius 3 is 2.61 bits per heavy atom. The Balaban J connectivity index is 1.53. The van der Waals surface area contributed by atoms with Crippen LogP contribution in [0.5, 0.6) is 0 Å². The molecule has 0 spiro atoms. The van der Waals surface area contributed by atoms with Gasteiger partial charge >= 0.3 is 0 Å². The number of nitrogens with one attached hydrogen (secondary N) is 1. The predicted molar refractivity (Wildman–Crippen MR) is 140 cm³/mol. The molecule has 0 saturated heterocycles. The zero-order valence-electron chi connectivity index (χ0n) is 20.9. The summed E-state index contributed by atoms with van der Waals surface area (Å²) >= 11 is 1.13. The van der Waals surface area contributed by atoms with Gasteiger partial charge in [-0.2, -0.15) is 8.42 Å². The van der Waals surface area contributed by atoms with E-state index in [0.29, 0.717) is 18.0 Å². The molecule has 2 aliphatic carbocycles. The monoisotopic (exact) mass is 555 g/mol. The van der Waals surface area contributed by atoms with E-state index in [0.717, 1.165) is 43.3 Å². The number of sulfone groups is 1. The van der Waals surface area contributed by atoms with Crippen LogP contribution in [0.25, 0.3) is 0 Å². The van der Waals surface area contributed by atoms with Crippen molar-refractivity contribution in [1.29, 1.82) is 0 Å². The van der Waals surface area contributed by atoms with Crippen molar-refractivity contribution in [3.63, 3.8) is 0 Å². The second-order valence-electron chi connectivity index (χ2n) is 11.8. The molecule has 4 aliphatic rings. The molecule has 2 bridgehead atoms. The number of aryl methyl sites for hydroxylation is 1. The fourth-order valence-electron chi connectivity index (χ4n) is 6.20. The van der Waals surface area contributed by atoms with Crippen LogP contribution in [0, 0.1) is 23.2 Å². The first-order valence-electron chi connectivity index (χ1n) is 12.3. The third-order valence-electron chi connectivity index (χ3n) is 7.88. The van der Waals surface area contributed by atoms with E-state index < -0.39 is 19.9 Å². The molecular weight excluding hydrogens is 522 g/mol. The molecule has 5 rings (SSSR count). The lowest BCUT2D eigenvalue weighted by molar-refractivity contribution is -0.133. The van der Waals surface area contributed by atoms with E-state index in [2.05, 4.69) is 30.5 Å². The van der Waals surface area contributed by atoms with Crippen molar-refractivity contribution < 1.29 is 26.7 Å². The number of hydrogen-bond donors (Lipinski definition) is 2. The Hall–Kier alpha value is -1.92. The smallest absolute Gasteiger partial charge is 0.287 e. The summed E-state index contributed by atoms with van der Waals surface area (Å²) in [6.45, 7) is 6.89. The lowest BCUT2D eigenvalue weighted by Gasteiger charge is -2.44. The van der Waals surface area contributed by atoms with Gasteiger partial charge < -0.3 is 15.3 Å². The minimum absolute atomic E-state index is 0.00888. The van der Waals surface area contributed by atoms with E-state index in [1.807, 2.05) is 4.90 Å².